The summed E-state index contributed by atoms with van der Waals surface area (Å²) in [6, 6.07) is 15.0. The van der Waals surface area contributed by atoms with E-state index in [-0.39, 0.29) is 10.3 Å². The van der Waals surface area contributed by atoms with Crippen LogP contribution in [0.1, 0.15) is 31.9 Å². The first-order valence-electron chi connectivity index (χ1n) is 9.45. The number of hydrogen-bond acceptors (Lipinski definition) is 6. The summed E-state index contributed by atoms with van der Waals surface area (Å²) in [7, 11) is -0.406. The van der Waals surface area contributed by atoms with Crippen LogP contribution in [0, 0.1) is 0 Å². The van der Waals surface area contributed by atoms with E-state index >= 15 is 0 Å². The summed E-state index contributed by atoms with van der Waals surface area (Å²) < 4.78 is 25.5. The Kier molecular flexibility index (Phi) is 6.40. The molecule has 0 saturated heterocycles. The maximum atomic E-state index is 12.2. The van der Waals surface area contributed by atoms with E-state index in [0.29, 0.717) is 5.13 Å². The van der Waals surface area contributed by atoms with Crippen LogP contribution >= 0.6 is 11.3 Å². The third-order valence-corrected chi connectivity index (χ3v) is 7.16. The topological polar surface area (TPSA) is 74.7 Å². The van der Waals surface area contributed by atoms with Crippen LogP contribution in [0.2, 0.25) is 0 Å². The van der Waals surface area contributed by atoms with Crippen LogP contribution in [-0.2, 0) is 15.4 Å². The molecular formula is C22H26N4O2S2. The predicted molar refractivity (Wildman–Crippen MR) is 125 cm³/mol. The molecule has 6 nitrogen and oxygen atoms in total. The van der Waals surface area contributed by atoms with E-state index in [2.05, 4.69) is 48.4 Å². The minimum absolute atomic E-state index is 0.125. The first kappa shape index (κ1) is 22.1. The number of aromatic nitrogens is 1. The lowest BCUT2D eigenvalue weighted by Gasteiger charge is -2.18. The molecule has 0 amide bonds. The maximum Gasteiger partial charge on any atom is 0.242 e. The lowest BCUT2D eigenvalue weighted by atomic mass is 9.87. The summed E-state index contributed by atoms with van der Waals surface area (Å²) in [5, 5.41) is 6.84. The van der Waals surface area contributed by atoms with E-state index in [1.807, 2.05) is 17.5 Å². The number of hydrogen-bond donors (Lipinski definition) is 1. The highest BCUT2D eigenvalue weighted by Crippen LogP contribution is 2.26. The lowest BCUT2D eigenvalue weighted by Crippen LogP contribution is -2.22. The van der Waals surface area contributed by atoms with Gasteiger partial charge in [0.25, 0.3) is 0 Å². The molecule has 0 spiro atoms. The summed E-state index contributed by atoms with van der Waals surface area (Å²) in [6.45, 7) is 6.56. The molecule has 1 N–H and O–H groups in total. The highest BCUT2D eigenvalue weighted by atomic mass is 32.2. The Morgan fingerprint density at radius 2 is 1.67 bits per heavy atom. The molecule has 1 heterocycles. The molecular weight excluding hydrogens is 416 g/mol. The first-order valence-corrected chi connectivity index (χ1v) is 11.8. The van der Waals surface area contributed by atoms with E-state index < -0.39 is 10.0 Å². The van der Waals surface area contributed by atoms with Crippen LogP contribution in [0.4, 0.5) is 5.13 Å². The number of sulfonamides is 1. The molecule has 0 saturated carbocycles. The van der Waals surface area contributed by atoms with Crippen LogP contribution in [0.25, 0.3) is 11.3 Å². The zero-order chi connectivity index (χ0) is 21.9. The predicted octanol–water partition coefficient (Wildman–Crippen LogP) is 4.80. The van der Waals surface area contributed by atoms with Crippen LogP contribution in [0.3, 0.4) is 0 Å². The summed E-state index contributed by atoms with van der Waals surface area (Å²) in [6.07, 6.45) is 1.76. The van der Waals surface area contributed by atoms with Gasteiger partial charge in [-0.15, -0.1) is 11.3 Å². The van der Waals surface area contributed by atoms with E-state index in [1.54, 1.807) is 30.5 Å². The van der Waals surface area contributed by atoms with Gasteiger partial charge in [0.2, 0.25) is 15.2 Å². The van der Waals surface area contributed by atoms with Crippen molar-refractivity contribution in [1.82, 2.24) is 9.29 Å². The average molecular weight is 443 g/mol. The third kappa shape index (κ3) is 5.13. The molecule has 158 valence electrons. The molecule has 0 bridgehead atoms. The van der Waals surface area contributed by atoms with Crippen LogP contribution < -0.4 is 5.43 Å². The molecule has 0 aliphatic heterocycles. The minimum atomic E-state index is -3.44. The first-order chi connectivity index (χ1) is 14.1. The fourth-order valence-corrected chi connectivity index (χ4v) is 4.27. The number of benzene rings is 2. The monoisotopic (exact) mass is 442 g/mol. The molecule has 0 fully saturated rings. The molecule has 0 aliphatic rings. The number of nitrogens with zero attached hydrogens (tertiary/aromatic N) is 3. The number of hydrazone groups is 1. The largest absolute Gasteiger partial charge is 0.253 e. The van der Waals surface area contributed by atoms with Crippen molar-refractivity contribution in [1.29, 1.82) is 0 Å². The molecule has 0 radical (unpaired) electrons. The van der Waals surface area contributed by atoms with Gasteiger partial charge in [-0.25, -0.2) is 17.7 Å². The van der Waals surface area contributed by atoms with Gasteiger partial charge in [0.15, 0.2) is 0 Å². The number of anilines is 1. The summed E-state index contributed by atoms with van der Waals surface area (Å²) in [5.74, 6) is 0. The Morgan fingerprint density at radius 3 is 2.23 bits per heavy atom. The molecule has 3 rings (SSSR count). The highest BCUT2D eigenvalue weighted by molar-refractivity contribution is 7.89. The zero-order valence-electron chi connectivity index (χ0n) is 17.7. The van der Waals surface area contributed by atoms with Gasteiger partial charge in [-0.1, -0.05) is 57.2 Å². The van der Waals surface area contributed by atoms with E-state index in [4.69, 9.17) is 0 Å². The van der Waals surface area contributed by atoms with Gasteiger partial charge >= 0.3 is 0 Å². The third-order valence-electron chi connectivity index (χ3n) is 4.58. The van der Waals surface area contributed by atoms with Gasteiger partial charge in [-0.3, -0.25) is 5.43 Å². The van der Waals surface area contributed by atoms with Crippen molar-refractivity contribution in [2.24, 2.45) is 5.10 Å². The van der Waals surface area contributed by atoms with E-state index in [9.17, 15) is 8.42 Å². The molecule has 8 heteroatoms. The molecule has 1 aromatic heterocycles. The van der Waals surface area contributed by atoms with Crippen LogP contribution in [0.5, 0.6) is 0 Å². The van der Waals surface area contributed by atoms with Gasteiger partial charge in [0, 0.05) is 25.0 Å². The number of thiazole rings is 1. The number of nitrogens with one attached hydrogen (secondary N) is 1. The Bertz CT molecular complexity index is 1130. The van der Waals surface area contributed by atoms with Crippen molar-refractivity contribution in [2.45, 2.75) is 31.1 Å². The Labute approximate surface area is 182 Å². The lowest BCUT2D eigenvalue weighted by molar-refractivity contribution is 0.521. The molecule has 0 unspecified atom stereocenters. The SMILES string of the molecule is CN(C)S(=O)(=O)c1ccc(-c2csc(N/N=C\c3ccc(C(C)(C)C)cc3)n2)cc1. The smallest absolute Gasteiger partial charge is 0.242 e. The minimum Gasteiger partial charge on any atom is -0.253 e. The van der Waals surface area contributed by atoms with Crippen LogP contribution in [-0.4, -0.2) is 38.0 Å². The van der Waals surface area contributed by atoms with Gasteiger partial charge < -0.3 is 0 Å². The standard InChI is InChI=1S/C22H26N4O2S2/c1-22(2,3)18-10-6-16(7-11-18)14-23-25-21-24-20(15-29-21)17-8-12-19(13-9-17)30(27,28)26(4)5/h6-15H,1-5H3,(H,24,25)/b23-14-. The van der Waals surface area contributed by atoms with Gasteiger partial charge in [0.1, 0.15) is 0 Å². The molecule has 3 aromatic rings. The molecule has 0 atom stereocenters. The summed E-state index contributed by atoms with van der Waals surface area (Å²) >= 11 is 1.44. The normalized spacial score (nSPS) is 12.6. The van der Waals surface area contributed by atoms with Gasteiger partial charge in [-0.2, -0.15) is 5.10 Å². The van der Waals surface area contributed by atoms with Crippen molar-refractivity contribution in [3.05, 3.63) is 65.0 Å². The Morgan fingerprint density at radius 1 is 1.03 bits per heavy atom. The van der Waals surface area contributed by atoms with Crippen molar-refractivity contribution < 1.29 is 8.42 Å². The second-order valence-corrected chi connectivity index (χ2v) is 11.1. The summed E-state index contributed by atoms with van der Waals surface area (Å²) in [4.78, 5) is 4.78. The zero-order valence-corrected chi connectivity index (χ0v) is 19.4. The Balaban J connectivity index is 1.66. The summed E-state index contributed by atoms with van der Waals surface area (Å²) in [5.41, 5.74) is 6.97. The van der Waals surface area contributed by atoms with Crippen molar-refractivity contribution in [3.8, 4) is 11.3 Å². The van der Waals surface area contributed by atoms with Gasteiger partial charge in [-0.05, 0) is 28.7 Å². The van der Waals surface area contributed by atoms with E-state index in [0.717, 1.165) is 16.8 Å². The number of rotatable bonds is 6. The highest BCUT2D eigenvalue weighted by Gasteiger charge is 2.17. The fraction of sp³-hybridized carbons (Fsp3) is 0.273. The quantitative estimate of drug-likeness (QED) is 0.439. The van der Waals surface area contributed by atoms with Gasteiger partial charge in [0.05, 0.1) is 16.8 Å². The van der Waals surface area contributed by atoms with Crippen LogP contribution in [0.15, 0.2) is 63.9 Å². The molecule has 0 aliphatic carbocycles. The Hall–Kier alpha value is -2.55. The second kappa shape index (κ2) is 8.67. The molecule has 2 aromatic carbocycles. The van der Waals surface area contributed by atoms with E-state index in [1.165, 1.54) is 35.3 Å². The van der Waals surface area contributed by atoms with Crippen molar-refractivity contribution in [2.75, 3.05) is 19.5 Å². The van der Waals surface area contributed by atoms with Crippen molar-refractivity contribution >= 4 is 32.7 Å². The second-order valence-electron chi connectivity index (χ2n) is 8.09. The fourth-order valence-electron chi connectivity index (χ4n) is 2.70. The maximum absolute atomic E-state index is 12.2. The van der Waals surface area contributed by atoms with Crippen molar-refractivity contribution in [3.63, 3.8) is 0 Å². The molecule has 30 heavy (non-hydrogen) atoms. The average Bonchev–Trinajstić information content (AvgIpc) is 3.16.